The number of thiol groups is 1. The summed E-state index contributed by atoms with van der Waals surface area (Å²) in [5.74, 6) is 0.843. The van der Waals surface area contributed by atoms with Gasteiger partial charge in [-0.25, -0.2) is 0 Å². The Kier molecular flexibility index (Phi) is 2.90. The Bertz CT molecular complexity index is 350. The zero-order valence-corrected chi connectivity index (χ0v) is 9.26. The summed E-state index contributed by atoms with van der Waals surface area (Å²) in [6, 6.07) is 7.71. The lowest BCUT2D eigenvalue weighted by molar-refractivity contribution is 0.415. The molecule has 0 saturated heterocycles. The van der Waals surface area contributed by atoms with Crippen LogP contribution in [0.25, 0.3) is 0 Å². The van der Waals surface area contributed by atoms with Gasteiger partial charge in [-0.15, -0.1) is 12.6 Å². The van der Waals surface area contributed by atoms with Crippen molar-refractivity contribution in [3.8, 4) is 5.75 Å². The fraction of sp³-hybridized carbons (Fsp3) is 0.111. The van der Waals surface area contributed by atoms with Gasteiger partial charge in [0.05, 0.1) is 17.0 Å². The molecule has 1 heterocycles. The fourth-order valence-electron chi connectivity index (χ4n) is 1.09. The van der Waals surface area contributed by atoms with Crippen molar-refractivity contribution < 1.29 is 4.74 Å². The molecular formula is C9H9N2OS2. The highest BCUT2D eigenvalue weighted by Gasteiger charge is 2.13. The maximum absolute atomic E-state index is 5.07. The molecule has 0 N–H and O–H groups in total. The molecule has 3 nitrogen and oxygen atoms in total. The predicted octanol–water partition coefficient (Wildman–Crippen LogP) is 2.41. The molecular weight excluding hydrogens is 216 g/mol. The average molecular weight is 225 g/mol. The minimum absolute atomic E-state index is 0.843. The highest BCUT2D eigenvalue weighted by Crippen LogP contribution is 2.29. The topological polar surface area (TPSA) is 26.6 Å². The number of methoxy groups -OCH3 is 1. The second kappa shape index (κ2) is 4.16. The number of nitrogens with zero attached hydrogens (tertiary/aromatic N) is 2. The lowest BCUT2D eigenvalue weighted by atomic mass is 10.3. The van der Waals surface area contributed by atoms with E-state index in [0.29, 0.717) is 0 Å². The standard InChI is InChI=1S/C9H9N2OS2/c1-12-8-4-2-7(3-5-8)11-6-9(13)14-10-11/h2-6,13H,1H3. The predicted molar refractivity (Wildman–Crippen MR) is 62.3 cm³/mol. The molecule has 1 aromatic carbocycles. The highest BCUT2D eigenvalue weighted by molar-refractivity contribution is 8.14. The fourth-order valence-corrected chi connectivity index (χ4v) is 1.77. The van der Waals surface area contributed by atoms with Gasteiger partial charge in [0.2, 0.25) is 0 Å². The van der Waals surface area contributed by atoms with Gasteiger partial charge in [-0.1, -0.05) is 4.83 Å². The third-order valence-electron chi connectivity index (χ3n) is 1.79. The van der Waals surface area contributed by atoms with Gasteiger partial charge in [0.15, 0.2) is 0 Å². The van der Waals surface area contributed by atoms with Crippen LogP contribution >= 0.6 is 24.6 Å². The van der Waals surface area contributed by atoms with E-state index in [1.54, 1.807) is 12.1 Å². The third-order valence-corrected chi connectivity index (χ3v) is 2.70. The lowest BCUT2D eigenvalue weighted by Gasteiger charge is -2.12. The average Bonchev–Trinajstić information content (AvgIpc) is 2.65. The van der Waals surface area contributed by atoms with Crippen LogP contribution in [0.3, 0.4) is 0 Å². The molecule has 1 aromatic rings. The van der Waals surface area contributed by atoms with Crippen molar-refractivity contribution in [1.29, 1.82) is 0 Å². The third kappa shape index (κ3) is 2.00. The summed E-state index contributed by atoms with van der Waals surface area (Å²) in [5, 5.41) is 1.78. The number of rotatable bonds is 2. The summed E-state index contributed by atoms with van der Waals surface area (Å²) in [7, 11) is 1.65. The molecule has 0 spiro atoms. The van der Waals surface area contributed by atoms with E-state index in [9.17, 15) is 0 Å². The minimum atomic E-state index is 0.843. The molecule has 0 bridgehead atoms. The minimum Gasteiger partial charge on any atom is -0.497 e. The van der Waals surface area contributed by atoms with Gasteiger partial charge in [-0.2, -0.15) is 0 Å². The zero-order chi connectivity index (χ0) is 9.97. The van der Waals surface area contributed by atoms with Crippen LogP contribution in [-0.4, -0.2) is 7.11 Å². The summed E-state index contributed by atoms with van der Waals surface area (Å²) in [6.45, 7) is 0. The van der Waals surface area contributed by atoms with Crippen LogP contribution in [0, 0.1) is 0 Å². The summed E-state index contributed by atoms with van der Waals surface area (Å²) in [6.07, 6.45) is 1.87. The highest BCUT2D eigenvalue weighted by atomic mass is 32.2. The Hall–Kier alpha value is -0.780. The molecule has 1 aliphatic heterocycles. The quantitative estimate of drug-likeness (QED) is 0.618. The van der Waals surface area contributed by atoms with E-state index in [2.05, 4.69) is 17.5 Å². The van der Waals surface area contributed by atoms with E-state index in [4.69, 9.17) is 4.74 Å². The van der Waals surface area contributed by atoms with E-state index in [1.807, 2.05) is 30.5 Å². The van der Waals surface area contributed by atoms with Gasteiger partial charge < -0.3 is 4.74 Å². The molecule has 1 aliphatic rings. The van der Waals surface area contributed by atoms with Gasteiger partial charge in [-0.05, 0) is 24.3 Å². The number of benzene rings is 1. The van der Waals surface area contributed by atoms with Crippen molar-refractivity contribution in [1.82, 2.24) is 4.83 Å². The molecule has 14 heavy (non-hydrogen) atoms. The van der Waals surface area contributed by atoms with Crippen LogP contribution in [0.15, 0.2) is 34.7 Å². The van der Waals surface area contributed by atoms with Crippen molar-refractivity contribution in [2.45, 2.75) is 0 Å². The van der Waals surface area contributed by atoms with Gasteiger partial charge >= 0.3 is 0 Å². The molecule has 0 fully saturated rings. The maximum atomic E-state index is 5.07. The van der Waals surface area contributed by atoms with Crippen LogP contribution in [-0.2, 0) is 0 Å². The van der Waals surface area contributed by atoms with E-state index in [1.165, 1.54) is 11.9 Å². The SMILES string of the molecule is COc1ccc(N2C=C(S)S[N]2)cc1. The molecule has 0 unspecified atom stereocenters. The molecule has 0 aliphatic carbocycles. The number of hydrogen-bond donors (Lipinski definition) is 1. The Balaban J connectivity index is 2.17. The normalized spacial score (nSPS) is 15.6. The molecule has 1 radical (unpaired) electrons. The zero-order valence-electron chi connectivity index (χ0n) is 7.54. The first-order valence-electron chi connectivity index (χ1n) is 4.01. The van der Waals surface area contributed by atoms with Gasteiger partial charge in [0.1, 0.15) is 5.75 Å². The van der Waals surface area contributed by atoms with Crippen molar-refractivity contribution >= 4 is 30.3 Å². The van der Waals surface area contributed by atoms with Crippen molar-refractivity contribution in [3.05, 3.63) is 34.7 Å². The largest absolute Gasteiger partial charge is 0.497 e. The van der Waals surface area contributed by atoms with Crippen molar-refractivity contribution in [2.24, 2.45) is 0 Å². The van der Waals surface area contributed by atoms with Gasteiger partial charge in [0, 0.05) is 18.1 Å². The van der Waals surface area contributed by atoms with E-state index >= 15 is 0 Å². The van der Waals surface area contributed by atoms with Gasteiger partial charge in [-0.3, -0.25) is 5.01 Å². The van der Waals surface area contributed by atoms with E-state index < -0.39 is 0 Å². The first-order chi connectivity index (χ1) is 6.79. The van der Waals surface area contributed by atoms with Crippen LogP contribution in [0.4, 0.5) is 5.69 Å². The molecule has 0 atom stereocenters. The molecule has 0 amide bonds. The number of anilines is 1. The molecule has 2 rings (SSSR count). The van der Waals surface area contributed by atoms with Crippen molar-refractivity contribution in [3.63, 3.8) is 0 Å². The van der Waals surface area contributed by atoms with Crippen LogP contribution in [0.5, 0.6) is 5.75 Å². The molecule has 0 saturated carbocycles. The molecule has 5 heteroatoms. The molecule has 73 valence electrons. The summed E-state index contributed by atoms with van der Waals surface area (Å²) in [5.41, 5.74) is 1.00. The van der Waals surface area contributed by atoms with Crippen LogP contribution in [0.2, 0.25) is 0 Å². The van der Waals surface area contributed by atoms with Crippen LogP contribution in [0.1, 0.15) is 0 Å². The second-order valence-corrected chi connectivity index (χ2v) is 4.25. The number of ether oxygens (including phenoxy) is 1. The van der Waals surface area contributed by atoms with Gasteiger partial charge in [0.25, 0.3) is 0 Å². The second-order valence-electron chi connectivity index (χ2n) is 2.68. The number of hydrogen-bond acceptors (Lipinski definition) is 4. The van der Waals surface area contributed by atoms with E-state index in [0.717, 1.165) is 15.7 Å². The first-order valence-corrected chi connectivity index (χ1v) is 5.24. The summed E-state index contributed by atoms with van der Waals surface area (Å²) >= 11 is 5.56. The molecule has 0 aromatic heterocycles. The monoisotopic (exact) mass is 225 g/mol. The Morgan fingerprint density at radius 2 is 2.07 bits per heavy atom. The van der Waals surface area contributed by atoms with E-state index in [-0.39, 0.29) is 0 Å². The Morgan fingerprint density at radius 1 is 1.36 bits per heavy atom. The summed E-state index contributed by atoms with van der Waals surface area (Å²) in [4.78, 5) is 4.18. The smallest absolute Gasteiger partial charge is 0.119 e. The summed E-state index contributed by atoms with van der Waals surface area (Å²) < 4.78 is 5.96. The van der Waals surface area contributed by atoms with Crippen LogP contribution < -0.4 is 14.6 Å². The lowest BCUT2D eigenvalue weighted by Crippen LogP contribution is -2.16. The Morgan fingerprint density at radius 3 is 2.57 bits per heavy atom. The van der Waals surface area contributed by atoms with Crippen molar-refractivity contribution in [2.75, 3.05) is 12.1 Å². The Labute approximate surface area is 92.6 Å². The maximum Gasteiger partial charge on any atom is 0.119 e. The first kappa shape index (κ1) is 9.76.